The predicted molar refractivity (Wildman–Crippen MR) is 140 cm³/mol. The number of benzene rings is 3. The molecule has 6 heteroatoms. The SMILES string of the molecule is CCOc1cc(/C=C2/SC(=Nc3ccc(C)cc3)N(C)C2=O)ccc1OCc1cccc(C)c1. The maximum absolute atomic E-state index is 12.8. The molecule has 3 aromatic carbocycles. The van der Waals surface area contributed by atoms with E-state index >= 15 is 0 Å². The molecule has 3 aromatic rings. The molecule has 0 aromatic heterocycles. The number of ether oxygens (including phenoxy) is 2. The third kappa shape index (κ3) is 5.69. The lowest BCUT2D eigenvalue weighted by Crippen LogP contribution is -2.23. The Bertz CT molecular complexity index is 1250. The minimum absolute atomic E-state index is 0.0754. The van der Waals surface area contributed by atoms with Crippen LogP contribution in [0.1, 0.15) is 29.2 Å². The molecule has 0 atom stereocenters. The van der Waals surface area contributed by atoms with E-state index in [9.17, 15) is 4.79 Å². The first-order chi connectivity index (χ1) is 16.4. The largest absolute Gasteiger partial charge is 0.490 e. The molecule has 1 aliphatic heterocycles. The summed E-state index contributed by atoms with van der Waals surface area (Å²) >= 11 is 1.37. The first-order valence-corrected chi connectivity index (χ1v) is 12.0. The summed E-state index contributed by atoms with van der Waals surface area (Å²) in [6.45, 7) is 7.01. The molecule has 0 spiro atoms. The summed E-state index contributed by atoms with van der Waals surface area (Å²) in [5.41, 5.74) is 5.16. The van der Waals surface area contributed by atoms with Crippen molar-refractivity contribution in [1.82, 2.24) is 4.90 Å². The van der Waals surface area contributed by atoms with E-state index in [0.29, 0.717) is 34.8 Å². The molecule has 1 fully saturated rings. The third-order valence-corrected chi connectivity index (χ3v) is 6.36. The summed E-state index contributed by atoms with van der Waals surface area (Å²) in [6.07, 6.45) is 1.87. The molecule has 4 rings (SSSR count). The van der Waals surface area contributed by atoms with Gasteiger partial charge in [-0.25, -0.2) is 4.99 Å². The van der Waals surface area contributed by atoms with Crippen LogP contribution in [0.15, 0.2) is 76.6 Å². The van der Waals surface area contributed by atoms with Crippen molar-refractivity contribution in [2.45, 2.75) is 27.4 Å². The van der Waals surface area contributed by atoms with Crippen LogP contribution < -0.4 is 9.47 Å². The summed E-state index contributed by atoms with van der Waals surface area (Å²) < 4.78 is 11.9. The fraction of sp³-hybridized carbons (Fsp3) is 0.214. The molecular weight excluding hydrogens is 444 g/mol. The minimum atomic E-state index is -0.0754. The molecule has 0 N–H and O–H groups in total. The van der Waals surface area contributed by atoms with Gasteiger partial charge < -0.3 is 9.47 Å². The number of aliphatic imine (C=N–C) groups is 1. The van der Waals surface area contributed by atoms with Crippen molar-refractivity contribution in [1.29, 1.82) is 0 Å². The standard InChI is InChI=1S/C28H28N2O3S/c1-5-32-25-16-21(11-14-24(25)33-18-22-8-6-7-20(3)15-22)17-26-27(31)30(4)28(34-26)29-23-12-9-19(2)10-13-23/h6-17H,5,18H2,1-4H3/b26-17+,29-28?. The number of likely N-dealkylation sites (N-methyl/N-ethyl adjacent to an activating group) is 1. The number of rotatable bonds is 7. The Hall–Kier alpha value is -3.51. The predicted octanol–water partition coefficient (Wildman–Crippen LogP) is 6.51. The number of amides is 1. The van der Waals surface area contributed by atoms with Crippen LogP contribution in [0.2, 0.25) is 0 Å². The zero-order valence-corrected chi connectivity index (χ0v) is 20.7. The summed E-state index contributed by atoms with van der Waals surface area (Å²) in [6, 6.07) is 21.9. The maximum atomic E-state index is 12.8. The van der Waals surface area contributed by atoms with E-state index in [1.807, 2.05) is 74.5 Å². The second-order valence-electron chi connectivity index (χ2n) is 8.12. The zero-order valence-electron chi connectivity index (χ0n) is 19.9. The van der Waals surface area contributed by atoms with E-state index in [1.54, 1.807) is 11.9 Å². The van der Waals surface area contributed by atoms with Gasteiger partial charge >= 0.3 is 0 Å². The molecule has 5 nitrogen and oxygen atoms in total. The lowest BCUT2D eigenvalue weighted by Gasteiger charge is -2.13. The maximum Gasteiger partial charge on any atom is 0.266 e. The van der Waals surface area contributed by atoms with Crippen molar-refractivity contribution in [2.24, 2.45) is 4.99 Å². The van der Waals surface area contributed by atoms with Crippen molar-refractivity contribution in [3.05, 3.63) is 93.9 Å². The van der Waals surface area contributed by atoms with Gasteiger partial charge in [0.05, 0.1) is 17.2 Å². The molecule has 0 aliphatic carbocycles. The summed E-state index contributed by atoms with van der Waals surface area (Å²) in [5.74, 6) is 1.25. The van der Waals surface area contributed by atoms with E-state index in [-0.39, 0.29) is 5.91 Å². The number of hydrogen-bond acceptors (Lipinski definition) is 5. The summed E-state index contributed by atoms with van der Waals surface area (Å²) in [7, 11) is 1.75. The van der Waals surface area contributed by atoms with Crippen molar-refractivity contribution < 1.29 is 14.3 Å². The Labute approximate surface area is 205 Å². The Kier molecular flexibility index (Phi) is 7.38. The number of aryl methyl sites for hydroxylation is 2. The second kappa shape index (κ2) is 10.6. The third-order valence-electron chi connectivity index (χ3n) is 5.30. The van der Waals surface area contributed by atoms with Crippen molar-refractivity contribution in [3.8, 4) is 11.5 Å². The van der Waals surface area contributed by atoms with Crippen LogP contribution >= 0.6 is 11.8 Å². The average Bonchev–Trinajstić information content (AvgIpc) is 3.08. The zero-order chi connectivity index (χ0) is 24.1. The molecule has 0 radical (unpaired) electrons. The van der Waals surface area contributed by atoms with Gasteiger partial charge in [0, 0.05) is 7.05 Å². The summed E-state index contributed by atoms with van der Waals surface area (Å²) in [4.78, 5) is 19.7. The quantitative estimate of drug-likeness (QED) is 0.368. The first-order valence-electron chi connectivity index (χ1n) is 11.2. The molecule has 0 unspecified atom stereocenters. The van der Waals surface area contributed by atoms with Crippen LogP contribution in [0.4, 0.5) is 5.69 Å². The van der Waals surface area contributed by atoms with Crippen LogP contribution in [0.5, 0.6) is 11.5 Å². The fourth-order valence-electron chi connectivity index (χ4n) is 3.50. The molecular formula is C28H28N2O3S. The van der Waals surface area contributed by atoms with E-state index in [0.717, 1.165) is 16.8 Å². The molecule has 0 bridgehead atoms. The molecule has 1 saturated heterocycles. The highest BCUT2D eigenvalue weighted by atomic mass is 32.2. The van der Waals surface area contributed by atoms with E-state index in [2.05, 4.69) is 24.0 Å². The molecule has 1 aliphatic rings. The molecule has 34 heavy (non-hydrogen) atoms. The van der Waals surface area contributed by atoms with Gasteiger partial charge in [0.1, 0.15) is 6.61 Å². The van der Waals surface area contributed by atoms with Crippen LogP contribution in [-0.4, -0.2) is 29.6 Å². The van der Waals surface area contributed by atoms with Crippen LogP contribution in [-0.2, 0) is 11.4 Å². The normalized spacial score (nSPS) is 15.9. The minimum Gasteiger partial charge on any atom is -0.490 e. The molecule has 1 heterocycles. The Morgan fingerprint density at radius 3 is 2.47 bits per heavy atom. The van der Waals surface area contributed by atoms with Crippen LogP contribution in [0, 0.1) is 13.8 Å². The Balaban J connectivity index is 1.54. The van der Waals surface area contributed by atoms with Gasteiger partial charge in [-0.1, -0.05) is 53.6 Å². The van der Waals surface area contributed by atoms with Gasteiger partial charge in [-0.05, 0) is 74.0 Å². The molecule has 0 saturated carbocycles. The number of amidine groups is 1. The lowest BCUT2D eigenvalue weighted by molar-refractivity contribution is -0.121. The number of thioether (sulfide) groups is 1. The topological polar surface area (TPSA) is 51.1 Å². The van der Waals surface area contributed by atoms with Crippen LogP contribution in [0.25, 0.3) is 6.08 Å². The first kappa shape index (κ1) is 23.6. The second-order valence-corrected chi connectivity index (χ2v) is 9.13. The molecule has 1 amide bonds. The highest BCUT2D eigenvalue weighted by Gasteiger charge is 2.30. The highest BCUT2D eigenvalue weighted by Crippen LogP contribution is 2.35. The van der Waals surface area contributed by atoms with Gasteiger partial charge in [-0.3, -0.25) is 9.69 Å². The average molecular weight is 473 g/mol. The van der Waals surface area contributed by atoms with Gasteiger partial charge in [0.25, 0.3) is 5.91 Å². The summed E-state index contributed by atoms with van der Waals surface area (Å²) in [5, 5.41) is 0.656. The van der Waals surface area contributed by atoms with Crippen molar-refractivity contribution >= 4 is 34.6 Å². The van der Waals surface area contributed by atoms with E-state index in [4.69, 9.17) is 9.47 Å². The number of carbonyl (C=O) groups is 1. The fourth-order valence-corrected chi connectivity index (χ4v) is 4.48. The number of carbonyl (C=O) groups excluding carboxylic acids is 1. The van der Waals surface area contributed by atoms with Gasteiger partial charge in [-0.15, -0.1) is 0 Å². The van der Waals surface area contributed by atoms with Crippen molar-refractivity contribution in [2.75, 3.05) is 13.7 Å². The Morgan fingerprint density at radius 2 is 1.74 bits per heavy atom. The van der Waals surface area contributed by atoms with Crippen molar-refractivity contribution in [3.63, 3.8) is 0 Å². The monoisotopic (exact) mass is 472 g/mol. The number of hydrogen-bond donors (Lipinski definition) is 0. The van der Waals surface area contributed by atoms with E-state index in [1.165, 1.54) is 22.9 Å². The number of nitrogens with zero attached hydrogens (tertiary/aromatic N) is 2. The van der Waals surface area contributed by atoms with Crippen LogP contribution in [0.3, 0.4) is 0 Å². The van der Waals surface area contributed by atoms with Gasteiger partial charge in [0.2, 0.25) is 0 Å². The smallest absolute Gasteiger partial charge is 0.266 e. The van der Waals surface area contributed by atoms with Gasteiger partial charge in [0.15, 0.2) is 16.7 Å². The highest BCUT2D eigenvalue weighted by molar-refractivity contribution is 8.18. The molecule has 174 valence electrons. The van der Waals surface area contributed by atoms with Gasteiger partial charge in [-0.2, -0.15) is 0 Å². The Morgan fingerprint density at radius 1 is 0.941 bits per heavy atom. The van der Waals surface area contributed by atoms with E-state index < -0.39 is 0 Å². The lowest BCUT2D eigenvalue weighted by atomic mass is 10.1.